The normalized spacial score (nSPS) is 11.1. The molecule has 0 aromatic carbocycles. The Balaban J connectivity index is 3.24. The highest BCUT2D eigenvalue weighted by Gasteiger charge is 2.05. The van der Waals surface area contributed by atoms with Gasteiger partial charge in [-0.3, -0.25) is 0 Å². The predicted octanol–water partition coefficient (Wildman–Crippen LogP) is 5.52. The second-order valence-electron chi connectivity index (χ2n) is 4.37. The first kappa shape index (κ1) is 14.0. The molecular weight excluding hydrogens is 168 g/mol. The summed E-state index contributed by atoms with van der Waals surface area (Å²) in [6.45, 7) is 6.89. The maximum Gasteiger partial charge on any atom is -0.0244 e. The molecule has 0 spiro atoms. The molecule has 14 heavy (non-hydrogen) atoms. The van der Waals surface area contributed by atoms with Gasteiger partial charge in [-0.15, -0.1) is 0 Å². The van der Waals surface area contributed by atoms with Crippen LogP contribution in [-0.2, 0) is 0 Å². The van der Waals surface area contributed by atoms with Gasteiger partial charge in [0.2, 0.25) is 0 Å². The first-order valence-corrected chi connectivity index (χ1v) is 6.68. The number of rotatable bonds is 10. The predicted molar refractivity (Wildman–Crippen MR) is 66.4 cm³/mol. The Morgan fingerprint density at radius 2 is 1.21 bits per heavy atom. The van der Waals surface area contributed by atoms with E-state index in [4.69, 9.17) is 0 Å². The molecule has 0 aromatic rings. The van der Waals surface area contributed by atoms with Crippen LogP contribution in [0, 0.1) is 5.92 Å². The lowest BCUT2D eigenvalue weighted by Gasteiger charge is -2.13. The van der Waals surface area contributed by atoms with E-state index in [2.05, 4.69) is 20.8 Å². The third-order valence-electron chi connectivity index (χ3n) is 3.02. The maximum absolute atomic E-state index is 2.32. The molecule has 0 aromatic heterocycles. The van der Waals surface area contributed by atoms with Crippen LogP contribution in [0.5, 0.6) is 0 Å². The van der Waals surface area contributed by atoms with E-state index in [1.54, 1.807) is 0 Å². The van der Waals surface area contributed by atoms with Crippen LogP contribution in [0.2, 0.25) is 0 Å². The van der Waals surface area contributed by atoms with Crippen LogP contribution in [0.4, 0.5) is 0 Å². The Morgan fingerprint density at radius 3 is 1.79 bits per heavy atom. The first-order chi connectivity index (χ1) is 6.85. The second kappa shape index (κ2) is 11.1. The van der Waals surface area contributed by atoms with Gasteiger partial charge in [0, 0.05) is 0 Å². The van der Waals surface area contributed by atoms with Gasteiger partial charge in [0.25, 0.3) is 0 Å². The van der Waals surface area contributed by atoms with E-state index in [1.807, 2.05) is 5.92 Å². The minimum Gasteiger partial charge on any atom is -0.0654 e. The summed E-state index contributed by atoms with van der Waals surface area (Å²) >= 11 is 0. The minimum atomic E-state index is 1.31. The van der Waals surface area contributed by atoms with Gasteiger partial charge in [0.05, 0.1) is 0 Å². The summed E-state index contributed by atoms with van der Waals surface area (Å²) in [6.07, 6.45) is 14.0. The largest absolute Gasteiger partial charge is 0.0654 e. The monoisotopic (exact) mass is 197 g/mol. The molecule has 0 amide bonds. The fraction of sp³-hybridized carbons (Fsp3) is 0.929. The van der Waals surface area contributed by atoms with Crippen molar-refractivity contribution in [3.05, 3.63) is 5.92 Å². The third kappa shape index (κ3) is 8.59. The zero-order valence-corrected chi connectivity index (χ0v) is 10.6. The van der Waals surface area contributed by atoms with E-state index in [0.29, 0.717) is 0 Å². The van der Waals surface area contributed by atoms with Gasteiger partial charge >= 0.3 is 0 Å². The molecule has 0 atom stereocenters. The molecule has 1 radical (unpaired) electrons. The number of hydrogen-bond acceptors (Lipinski definition) is 0. The van der Waals surface area contributed by atoms with Crippen molar-refractivity contribution in [3.8, 4) is 0 Å². The van der Waals surface area contributed by atoms with Crippen molar-refractivity contribution in [2.75, 3.05) is 0 Å². The van der Waals surface area contributed by atoms with Crippen LogP contribution >= 0.6 is 0 Å². The second-order valence-corrected chi connectivity index (χ2v) is 4.37. The molecule has 0 saturated heterocycles. The highest BCUT2D eigenvalue weighted by molar-refractivity contribution is 4.87. The summed E-state index contributed by atoms with van der Waals surface area (Å²) in [5, 5.41) is 0. The molecule has 0 bridgehead atoms. The number of hydrogen-bond donors (Lipinski definition) is 0. The van der Waals surface area contributed by atoms with E-state index in [1.165, 1.54) is 64.2 Å². The Bertz CT molecular complexity index is 96.2. The topological polar surface area (TPSA) is 0 Å². The van der Waals surface area contributed by atoms with Crippen LogP contribution in [-0.4, -0.2) is 0 Å². The molecule has 0 fully saturated rings. The molecule has 0 saturated carbocycles. The van der Waals surface area contributed by atoms with Crippen molar-refractivity contribution >= 4 is 0 Å². The molecule has 0 heterocycles. The van der Waals surface area contributed by atoms with Gasteiger partial charge in [0.15, 0.2) is 0 Å². The third-order valence-corrected chi connectivity index (χ3v) is 3.02. The molecule has 0 aliphatic heterocycles. The fourth-order valence-corrected chi connectivity index (χ4v) is 1.88. The van der Waals surface area contributed by atoms with Crippen LogP contribution in [0.3, 0.4) is 0 Å². The van der Waals surface area contributed by atoms with Crippen molar-refractivity contribution in [2.45, 2.75) is 85.0 Å². The average Bonchev–Trinajstić information content (AvgIpc) is 2.22. The van der Waals surface area contributed by atoms with Crippen LogP contribution < -0.4 is 0 Å². The first-order valence-electron chi connectivity index (χ1n) is 6.68. The van der Waals surface area contributed by atoms with E-state index in [9.17, 15) is 0 Å². The molecule has 85 valence electrons. The van der Waals surface area contributed by atoms with Crippen molar-refractivity contribution in [2.24, 2.45) is 0 Å². The van der Waals surface area contributed by atoms with E-state index < -0.39 is 0 Å². The zero-order chi connectivity index (χ0) is 10.6. The van der Waals surface area contributed by atoms with Gasteiger partial charge < -0.3 is 0 Å². The molecule has 0 aliphatic rings. The summed E-state index contributed by atoms with van der Waals surface area (Å²) in [5.74, 6) is 1.81. The van der Waals surface area contributed by atoms with Gasteiger partial charge in [-0.2, -0.15) is 0 Å². The van der Waals surface area contributed by atoms with Crippen molar-refractivity contribution < 1.29 is 0 Å². The zero-order valence-electron chi connectivity index (χ0n) is 10.6. The molecule has 0 heteroatoms. The van der Waals surface area contributed by atoms with Crippen LogP contribution in [0.15, 0.2) is 0 Å². The Labute approximate surface area is 91.5 Å². The maximum atomic E-state index is 2.32. The summed E-state index contributed by atoms with van der Waals surface area (Å²) in [7, 11) is 0. The van der Waals surface area contributed by atoms with Gasteiger partial charge in [-0.1, -0.05) is 65.7 Å². The van der Waals surface area contributed by atoms with E-state index >= 15 is 0 Å². The van der Waals surface area contributed by atoms with Crippen molar-refractivity contribution in [1.82, 2.24) is 0 Å². The highest BCUT2D eigenvalue weighted by Crippen LogP contribution is 2.22. The average molecular weight is 197 g/mol. The van der Waals surface area contributed by atoms with Crippen molar-refractivity contribution in [3.63, 3.8) is 0 Å². The molecule has 0 unspecified atom stereocenters. The quantitative estimate of drug-likeness (QED) is 0.404. The Kier molecular flexibility index (Phi) is 11.1. The minimum absolute atomic E-state index is 1.31. The summed E-state index contributed by atoms with van der Waals surface area (Å²) in [5.41, 5.74) is 0. The summed E-state index contributed by atoms with van der Waals surface area (Å²) in [4.78, 5) is 0. The Hall–Kier alpha value is 0. The molecule has 0 rings (SSSR count). The van der Waals surface area contributed by atoms with E-state index in [-0.39, 0.29) is 0 Å². The fourth-order valence-electron chi connectivity index (χ4n) is 1.88. The smallest absolute Gasteiger partial charge is 0.0244 e. The van der Waals surface area contributed by atoms with Gasteiger partial charge in [-0.25, -0.2) is 0 Å². The molecule has 0 N–H and O–H groups in total. The lowest BCUT2D eigenvalue weighted by molar-refractivity contribution is 0.567. The van der Waals surface area contributed by atoms with E-state index in [0.717, 1.165) is 0 Å². The lowest BCUT2D eigenvalue weighted by atomic mass is 9.93. The molecular formula is C14H29. The standard InChI is InChI=1S/C14H29/c1-4-7-9-10-11-13-14(6-3)12-8-5-2/h4-13H2,1-3H3. The lowest BCUT2D eigenvalue weighted by Crippen LogP contribution is -1.96. The van der Waals surface area contributed by atoms with Gasteiger partial charge in [0.1, 0.15) is 0 Å². The highest BCUT2D eigenvalue weighted by atomic mass is 14.1. The number of unbranched alkanes of at least 4 members (excludes halogenated alkanes) is 5. The van der Waals surface area contributed by atoms with Crippen LogP contribution in [0.1, 0.15) is 85.0 Å². The van der Waals surface area contributed by atoms with Crippen LogP contribution in [0.25, 0.3) is 0 Å². The van der Waals surface area contributed by atoms with Crippen molar-refractivity contribution in [1.29, 1.82) is 0 Å². The van der Waals surface area contributed by atoms with Gasteiger partial charge in [-0.05, 0) is 25.2 Å². The summed E-state index contributed by atoms with van der Waals surface area (Å²) in [6, 6.07) is 0. The Morgan fingerprint density at radius 1 is 0.643 bits per heavy atom. The SMILES string of the molecule is CCCCCCC[C](CC)CCCC. The molecule has 0 nitrogen and oxygen atoms in total. The molecule has 0 aliphatic carbocycles. The summed E-state index contributed by atoms with van der Waals surface area (Å²) < 4.78 is 0.